The van der Waals surface area contributed by atoms with Crippen LogP contribution < -0.4 is 14.8 Å². The van der Waals surface area contributed by atoms with Gasteiger partial charge in [-0.1, -0.05) is 13.0 Å². The number of aromatic nitrogens is 2. The van der Waals surface area contributed by atoms with Crippen molar-refractivity contribution >= 4 is 5.91 Å². The zero-order valence-corrected chi connectivity index (χ0v) is 14.5. The molecule has 1 N–H and O–H groups in total. The average molecular weight is 329 g/mol. The third-order valence-electron chi connectivity index (χ3n) is 3.51. The Labute approximate surface area is 142 Å². The van der Waals surface area contributed by atoms with Crippen molar-refractivity contribution in [2.45, 2.75) is 33.2 Å². The van der Waals surface area contributed by atoms with Crippen molar-refractivity contribution in [3.8, 4) is 11.5 Å². The van der Waals surface area contributed by atoms with E-state index in [9.17, 15) is 4.79 Å². The fourth-order valence-electron chi connectivity index (χ4n) is 2.15. The summed E-state index contributed by atoms with van der Waals surface area (Å²) in [4.78, 5) is 20.4. The number of nitrogens with one attached hydrogen (secondary N) is 1. The summed E-state index contributed by atoms with van der Waals surface area (Å²) in [6, 6.07) is 5.45. The molecular weight excluding hydrogens is 306 g/mol. The van der Waals surface area contributed by atoms with Gasteiger partial charge in [0.15, 0.2) is 11.5 Å². The van der Waals surface area contributed by atoms with Gasteiger partial charge in [0.25, 0.3) is 5.91 Å². The zero-order chi connectivity index (χ0) is 17.5. The molecule has 128 valence electrons. The highest BCUT2D eigenvalue weighted by atomic mass is 16.5. The van der Waals surface area contributed by atoms with Gasteiger partial charge in [-0.25, -0.2) is 4.98 Å². The lowest BCUT2D eigenvalue weighted by Gasteiger charge is -2.17. The molecular formula is C18H23N3O3. The molecule has 0 saturated carbocycles. The van der Waals surface area contributed by atoms with Gasteiger partial charge in [0.1, 0.15) is 5.69 Å². The van der Waals surface area contributed by atoms with Crippen LogP contribution in [0.1, 0.15) is 48.1 Å². The molecule has 0 fully saturated rings. The number of ether oxygens (including phenoxy) is 2. The van der Waals surface area contributed by atoms with Crippen LogP contribution in [0.2, 0.25) is 0 Å². The third-order valence-corrected chi connectivity index (χ3v) is 3.51. The Morgan fingerprint density at radius 2 is 2.04 bits per heavy atom. The van der Waals surface area contributed by atoms with E-state index in [4.69, 9.17) is 9.47 Å². The minimum absolute atomic E-state index is 0.199. The van der Waals surface area contributed by atoms with Crippen molar-refractivity contribution in [2.24, 2.45) is 0 Å². The number of amides is 1. The Hall–Kier alpha value is -2.63. The Morgan fingerprint density at radius 1 is 1.25 bits per heavy atom. The van der Waals surface area contributed by atoms with Crippen molar-refractivity contribution in [3.05, 3.63) is 47.5 Å². The smallest absolute Gasteiger partial charge is 0.271 e. The summed E-state index contributed by atoms with van der Waals surface area (Å²) in [5.41, 5.74) is 1.98. The van der Waals surface area contributed by atoms with Gasteiger partial charge >= 0.3 is 0 Å². The van der Waals surface area contributed by atoms with Gasteiger partial charge in [0, 0.05) is 6.20 Å². The number of nitrogens with zero attached hydrogens (tertiary/aromatic N) is 2. The molecule has 0 saturated heterocycles. The van der Waals surface area contributed by atoms with Crippen molar-refractivity contribution in [3.63, 3.8) is 0 Å². The molecule has 24 heavy (non-hydrogen) atoms. The zero-order valence-electron chi connectivity index (χ0n) is 14.5. The predicted octanol–water partition coefficient (Wildman–Crippen LogP) is 3.07. The molecule has 0 aliphatic heterocycles. The van der Waals surface area contributed by atoms with Gasteiger partial charge in [0.05, 0.1) is 31.6 Å². The molecule has 6 heteroatoms. The van der Waals surface area contributed by atoms with Crippen LogP contribution in [0.4, 0.5) is 0 Å². The maximum Gasteiger partial charge on any atom is 0.271 e. The molecule has 0 bridgehead atoms. The van der Waals surface area contributed by atoms with Gasteiger partial charge in [-0.15, -0.1) is 0 Å². The van der Waals surface area contributed by atoms with Crippen LogP contribution >= 0.6 is 0 Å². The number of aryl methyl sites for hydroxylation is 1. The first-order chi connectivity index (χ1) is 11.5. The summed E-state index contributed by atoms with van der Waals surface area (Å²) in [6.45, 7) is 6.41. The molecule has 1 aromatic carbocycles. The molecule has 6 nitrogen and oxygen atoms in total. The average Bonchev–Trinajstić information content (AvgIpc) is 2.60. The number of carbonyl (C=O) groups excluding carboxylic acids is 1. The minimum Gasteiger partial charge on any atom is -0.493 e. The Kier molecular flexibility index (Phi) is 6.12. The number of rotatable bonds is 7. The molecule has 1 atom stereocenters. The van der Waals surface area contributed by atoms with E-state index >= 15 is 0 Å². The SMILES string of the molecule is CCCOc1ccc([C@@H](C)NC(=O)c2cnc(C)cn2)cc1OC. The Balaban J connectivity index is 2.09. The summed E-state index contributed by atoms with van der Waals surface area (Å²) >= 11 is 0. The first kappa shape index (κ1) is 17.7. The lowest BCUT2D eigenvalue weighted by atomic mass is 10.1. The lowest BCUT2D eigenvalue weighted by molar-refractivity contribution is 0.0934. The van der Waals surface area contributed by atoms with E-state index in [-0.39, 0.29) is 11.9 Å². The number of hydrogen-bond donors (Lipinski definition) is 1. The van der Waals surface area contributed by atoms with Crippen LogP contribution in [-0.4, -0.2) is 29.6 Å². The highest BCUT2D eigenvalue weighted by molar-refractivity contribution is 5.92. The summed E-state index contributed by atoms with van der Waals surface area (Å²) in [7, 11) is 1.60. The van der Waals surface area contributed by atoms with Gasteiger partial charge in [0.2, 0.25) is 0 Å². The second-order valence-corrected chi connectivity index (χ2v) is 5.50. The van der Waals surface area contributed by atoms with Crippen LogP contribution in [0.25, 0.3) is 0 Å². The molecule has 2 aromatic rings. The first-order valence-corrected chi connectivity index (χ1v) is 7.95. The molecule has 1 heterocycles. The topological polar surface area (TPSA) is 73.3 Å². The lowest BCUT2D eigenvalue weighted by Crippen LogP contribution is -2.27. The van der Waals surface area contributed by atoms with Gasteiger partial charge in [-0.2, -0.15) is 0 Å². The molecule has 1 amide bonds. The Morgan fingerprint density at radius 3 is 2.67 bits per heavy atom. The summed E-state index contributed by atoms with van der Waals surface area (Å²) < 4.78 is 11.0. The van der Waals surface area contributed by atoms with Crippen molar-refractivity contribution in [1.82, 2.24) is 15.3 Å². The van der Waals surface area contributed by atoms with E-state index in [1.165, 1.54) is 6.20 Å². The van der Waals surface area contributed by atoms with E-state index in [0.717, 1.165) is 17.7 Å². The minimum atomic E-state index is -0.264. The number of hydrogen-bond acceptors (Lipinski definition) is 5. The fraction of sp³-hybridized carbons (Fsp3) is 0.389. The number of benzene rings is 1. The molecule has 1 aromatic heterocycles. The Bertz CT molecular complexity index is 686. The number of carbonyl (C=O) groups is 1. The largest absolute Gasteiger partial charge is 0.493 e. The van der Waals surface area contributed by atoms with Crippen LogP contribution in [0.3, 0.4) is 0 Å². The van der Waals surface area contributed by atoms with E-state index < -0.39 is 0 Å². The number of methoxy groups -OCH3 is 1. The van der Waals surface area contributed by atoms with Crippen LogP contribution in [0.5, 0.6) is 11.5 Å². The molecule has 2 rings (SSSR count). The summed E-state index contributed by atoms with van der Waals surface area (Å²) in [5, 5.41) is 2.91. The monoisotopic (exact) mass is 329 g/mol. The first-order valence-electron chi connectivity index (χ1n) is 7.95. The molecule has 0 aliphatic carbocycles. The van der Waals surface area contributed by atoms with Crippen molar-refractivity contribution in [1.29, 1.82) is 0 Å². The van der Waals surface area contributed by atoms with E-state index in [2.05, 4.69) is 15.3 Å². The standard InChI is InChI=1S/C18H23N3O3/c1-5-8-24-16-7-6-14(9-17(16)23-4)13(3)21-18(22)15-11-19-12(2)10-20-15/h6-7,9-11,13H,5,8H2,1-4H3,(H,21,22)/t13-/m1/s1. The fourth-order valence-corrected chi connectivity index (χ4v) is 2.15. The summed E-state index contributed by atoms with van der Waals surface area (Å²) in [5.74, 6) is 1.09. The second kappa shape index (κ2) is 8.29. The second-order valence-electron chi connectivity index (χ2n) is 5.50. The predicted molar refractivity (Wildman–Crippen MR) is 91.4 cm³/mol. The van der Waals surface area contributed by atoms with Gasteiger partial charge in [-0.3, -0.25) is 9.78 Å². The van der Waals surface area contributed by atoms with Crippen LogP contribution in [0, 0.1) is 6.92 Å². The highest BCUT2D eigenvalue weighted by Crippen LogP contribution is 2.30. The van der Waals surface area contributed by atoms with Gasteiger partial charge in [-0.05, 0) is 38.0 Å². The summed E-state index contributed by atoms with van der Waals surface area (Å²) in [6.07, 6.45) is 3.97. The highest BCUT2D eigenvalue weighted by Gasteiger charge is 2.15. The van der Waals surface area contributed by atoms with Crippen LogP contribution in [-0.2, 0) is 0 Å². The van der Waals surface area contributed by atoms with Gasteiger partial charge < -0.3 is 14.8 Å². The van der Waals surface area contributed by atoms with Crippen molar-refractivity contribution in [2.75, 3.05) is 13.7 Å². The molecule has 0 spiro atoms. The van der Waals surface area contributed by atoms with E-state index in [0.29, 0.717) is 23.8 Å². The molecule has 0 radical (unpaired) electrons. The van der Waals surface area contributed by atoms with Crippen LogP contribution in [0.15, 0.2) is 30.6 Å². The molecule has 0 aliphatic rings. The van der Waals surface area contributed by atoms with E-state index in [1.54, 1.807) is 13.3 Å². The quantitative estimate of drug-likeness (QED) is 0.845. The maximum absolute atomic E-state index is 12.2. The third kappa shape index (κ3) is 4.44. The van der Waals surface area contributed by atoms with E-state index in [1.807, 2.05) is 39.0 Å². The normalized spacial score (nSPS) is 11.7. The maximum atomic E-state index is 12.2. The van der Waals surface area contributed by atoms with Crippen molar-refractivity contribution < 1.29 is 14.3 Å². The molecule has 0 unspecified atom stereocenters.